The normalized spacial score (nSPS) is 21.0. The molecule has 1 unspecified atom stereocenters. The van der Waals surface area contributed by atoms with Crippen LogP contribution in [-0.4, -0.2) is 36.6 Å². The molecule has 0 amide bonds. The summed E-state index contributed by atoms with van der Waals surface area (Å²) in [6.07, 6.45) is 5.62. The van der Waals surface area contributed by atoms with Crippen LogP contribution in [0.2, 0.25) is 0 Å². The molecule has 1 saturated carbocycles. The van der Waals surface area contributed by atoms with Crippen molar-refractivity contribution in [2.45, 2.75) is 64.6 Å². The van der Waals surface area contributed by atoms with Gasteiger partial charge in [-0.3, -0.25) is 0 Å². The molecule has 0 aromatic heterocycles. The van der Waals surface area contributed by atoms with Crippen molar-refractivity contribution in [3.05, 3.63) is 0 Å². The Morgan fingerprint density at radius 1 is 1.21 bits per heavy atom. The lowest BCUT2D eigenvalue weighted by Crippen LogP contribution is -2.43. The van der Waals surface area contributed by atoms with E-state index in [1.165, 1.54) is 25.7 Å². The molecule has 2 heteroatoms. The highest BCUT2D eigenvalue weighted by molar-refractivity contribution is 4.77. The van der Waals surface area contributed by atoms with E-state index in [9.17, 15) is 0 Å². The first-order valence-corrected chi connectivity index (χ1v) is 6.06. The summed E-state index contributed by atoms with van der Waals surface area (Å²) < 4.78 is 0. The maximum atomic E-state index is 3.68. The summed E-state index contributed by atoms with van der Waals surface area (Å²) >= 11 is 0. The van der Waals surface area contributed by atoms with Gasteiger partial charge in [-0.15, -0.1) is 0 Å². The molecule has 1 atom stereocenters. The molecule has 0 aromatic rings. The molecule has 0 aliphatic heterocycles. The van der Waals surface area contributed by atoms with E-state index in [1.54, 1.807) is 0 Å². The first-order chi connectivity index (χ1) is 6.61. The molecule has 84 valence electrons. The molecule has 1 fully saturated rings. The Kier molecular flexibility index (Phi) is 4.90. The van der Waals surface area contributed by atoms with E-state index >= 15 is 0 Å². The van der Waals surface area contributed by atoms with Gasteiger partial charge in [-0.2, -0.15) is 0 Å². The molecule has 0 heterocycles. The van der Waals surface area contributed by atoms with Crippen molar-refractivity contribution >= 4 is 0 Å². The van der Waals surface area contributed by atoms with Crippen LogP contribution in [0.4, 0.5) is 0 Å². The van der Waals surface area contributed by atoms with Gasteiger partial charge in [-0.05, 0) is 40.7 Å². The molecule has 0 aromatic carbocycles. The molecule has 1 rings (SSSR count). The molecule has 0 bridgehead atoms. The number of hydrogen-bond donors (Lipinski definition) is 1. The average Bonchev–Trinajstić information content (AvgIpc) is 2.65. The van der Waals surface area contributed by atoms with Crippen LogP contribution in [0, 0.1) is 0 Å². The molecule has 0 spiro atoms. The Morgan fingerprint density at radius 3 is 2.29 bits per heavy atom. The van der Waals surface area contributed by atoms with E-state index in [2.05, 4.69) is 38.0 Å². The second kappa shape index (κ2) is 5.72. The third-order valence-electron chi connectivity index (χ3n) is 3.57. The second-order valence-electron chi connectivity index (χ2n) is 5.00. The van der Waals surface area contributed by atoms with Gasteiger partial charge in [0, 0.05) is 24.7 Å². The van der Waals surface area contributed by atoms with Crippen LogP contribution in [0.1, 0.15) is 46.5 Å². The van der Waals surface area contributed by atoms with Gasteiger partial charge in [0.25, 0.3) is 0 Å². The van der Waals surface area contributed by atoms with Gasteiger partial charge in [0.1, 0.15) is 0 Å². The highest BCUT2D eigenvalue weighted by Crippen LogP contribution is 2.17. The van der Waals surface area contributed by atoms with Crippen molar-refractivity contribution in [2.75, 3.05) is 13.6 Å². The van der Waals surface area contributed by atoms with Gasteiger partial charge in [0.05, 0.1) is 0 Å². The number of rotatable bonds is 5. The zero-order valence-corrected chi connectivity index (χ0v) is 10.2. The van der Waals surface area contributed by atoms with E-state index in [0.29, 0.717) is 12.1 Å². The van der Waals surface area contributed by atoms with Crippen molar-refractivity contribution in [3.63, 3.8) is 0 Å². The van der Waals surface area contributed by atoms with Crippen molar-refractivity contribution < 1.29 is 0 Å². The smallest absolute Gasteiger partial charge is 0.0192 e. The topological polar surface area (TPSA) is 15.3 Å². The van der Waals surface area contributed by atoms with Gasteiger partial charge in [0.2, 0.25) is 0 Å². The molecule has 1 N–H and O–H groups in total. The first-order valence-electron chi connectivity index (χ1n) is 6.06. The summed E-state index contributed by atoms with van der Waals surface area (Å²) in [7, 11) is 2.21. The van der Waals surface area contributed by atoms with E-state index in [-0.39, 0.29) is 0 Å². The zero-order valence-electron chi connectivity index (χ0n) is 10.2. The summed E-state index contributed by atoms with van der Waals surface area (Å²) in [6, 6.07) is 2.10. The Morgan fingerprint density at radius 2 is 1.79 bits per heavy atom. The lowest BCUT2D eigenvalue weighted by Gasteiger charge is -2.29. The molecule has 1 aliphatic carbocycles. The van der Waals surface area contributed by atoms with Crippen molar-refractivity contribution in [2.24, 2.45) is 0 Å². The van der Waals surface area contributed by atoms with Crippen molar-refractivity contribution in [1.29, 1.82) is 0 Å². The maximum absolute atomic E-state index is 3.68. The zero-order chi connectivity index (χ0) is 10.6. The molecule has 0 radical (unpaired) electrons. The fourth-order valence-electron chi connectivity index (χ4n) is 2.12. The van der Waals surface area contributed by atoms with Gasteiger partial charge in [0.15, 0.2) is 0 Å². The summed E-state index contributed by atoms with van der Waals surface area (Å²) in [6.45, 7) is 7.96. The molecule has 2 nitrogen and oxygen atoms in total. The van der Waals surface area contributed by atoms with Gasteiger partial charge in [-0.1, -0.05) is 12.8 Å². The third-order valence-corrected chi connectivity index (χ3v) is 3.57. The van der Waals surface area contributed by atoms with Gasteiger partial charge in [-0.25, -0.2) is 0 Å². The molecular weight excluding hydrogens is 172 g/mol. The second-order valence-corrected chi connectivity index (χ2v) is 5.00. The maximum Gasteiger partial charge on any atom is 0.0192 e. The fraction of sp³-hybridized carbons (Fsp3) is 1.00. The standard InChI is InChI=1S/C12H26N2/c1-10(2)14(4)11(3)9-13-12-7-5-6-8-12/h10-13H,5-9H2,1-4H3. The number of likely N-dealkylation sites (N-methyl/N-ethyl adjacent to an activating group) is 1. The van der Waals surface area contributed by atoms with Crippen LogP contribution < -0.4 is 5.32 Å². The van der Waals surface area contributed by atoms with Crippen molar-refractivity contribution in [3.8, 4) is 0 Å². The monoisotopic (exact) mass is 198 g/mol. The van der Waals surface area contributed by atoms with Crippen LogP contribution in [0.5, 0.6) is 0 Å². The molecule has 0 saturated heterocycles. The predicted molar refractivity (Wildman–Crippen MR) is 62.6 cm³/mol. The summed E-state index contributed by atoms with van der Waals surface area (Å²) in [5.41, 5.74) is 0. The highest BCUT2D eigenvalue weighted by Gasteiger charge is 2.17. The Hall–Kier alpha value is -0.0800. The lowest BCUT2D eigenvalue weighted by atomic mass is 10.2. The number of nitrogens with zero attached hydrogens (tertiary/aromatic N) is 1. The minimum Gasteiger partial charge on any atom is -0.312 e. The molecular formula is C12H26N2. The van der Waals surface area contributed by atoms with E-state index in [0.717, 1.165) is 12.6 Å². The predicted octanol–water partition coefficient (Wildman–Crippen LogP) is 2.25. The SMILES string of the molecule is CC(C)N(C)C(C)CNC1CCCC1. The van der Waals surface area contributed by atoms with E-state index in [4.69, 9.17) is 0 Å². The summed E-state index contributed by atoms with van der Waals surface area (Å²) in [5, 5.41) is 3.68. The quantitative estimate of drug-likeness (QED) is 0.729. The van der Waals surface area contributed by atoms with Crippen LogP contribution in [0.25, 0.3) is 0 Å². The Bertz CT molecular complexity index is 150. The number of nitrogens with one attached hydrogen (secondary N) is 1. The number of hydrogen-bond acceptors (Lipinski definition) is 2. The van der Waals surface area contributed by atoms with E-state index in [1.807, 2.05) is 0 Å². The largest absolute Gasteiger partial charge is 0.312 e. The Labute approximate surface area is 89.1 Å². The Balaban J connectivity index is 2.16. The fourth-order valence-corrected chi connectivity index (χ4v) is 2.12. The van der Waals surface area contributed by atoms with E-state index < -0.39 is 0 Å². The summed E-state index contributed by atoms with van der Waals surface area (Å²) in [4.78, 5) is 2.43. The highest BCUT2D eigenvalue weighted by atomic mass is 15.2. The molecule has 1 aliphatic rings. The minimum atomic E-state index is 0.648. The van der Waals surface area contributed by atoms with Crippen LogP contribution in [0.15, 0.2) is 0 Å². The third kappa shape index (κ3) is 3.58. The van der Waals surface area contributed by atoms with Gasteiger partial charge >= 0.3 is 0 Å². The molecule has 14 heavy (non-hydrogen) atoms. The van der Waals surface area contributed by atoms with Crippen molar-refractivity contribution in [1.82, 2.24) is 10.2 Å². The average molecular weight is 198 g/mol. The minimum absolute atomic E-state index is 0.648. The van der Waals surface area contributed by atoms with Gasteiger partial charge < -0.3 is 10.2 Å². The lowest BCUT2D eigenvalue weighted by molar-refractivity contribution is 0.200. The summed E-state index contributed by atoms with van der Waals surface area (Å²) in [5.74, 6) is 0. The van der Waals surface area contributed by atoms with Crippen LogP contribution in [0.3, 0.4) is 0 Å². The first kappa shape index (κ1) is 12.0. The van der Waals surface area contributed by atoms with Crippen LogP contribution in [-0.2, 0) is 0 Å². The van der Waals surface area contributed by atoms with Crippen LogP contribution >= 0.6 is 0 Å².